The highest BCUT2D eigenvalue weighted by atomic mass is 32.2. The topological polar surface area (TPSA) is 281 Å². The third-order valence-electron chi connectivity index (χ3n) is 26.6. The standard InChI is InChI=1S/C45H61N5O7.C45H69N3O8S/c1-26-35-22-32(45(35,3)4)23-36(26)46-43(54)40-39(27(2)52)38(25-51)57-50(40)24-29-16-13-17-34(41(29)56-9)30-19-31(21-33(20-30)48(5)6)42(53)47-37(44(55)49(7)8)18-28-14-11-10-12-15-28;1-27-31(18-34-22-37(27)45(34,6)7)21-39(52)42-41(28(2)50)40(25-49)56-48(42)24-30-14-13-15-36(43(30)55-12)32-17-33(20-35(19-32)47(10)11)38(51)16-29(23-46(8)9)26-57(53,54)44(3,4)5/h10-17,19-21,26-27,32,35-40,51-52H,18,22-25H2,1-9H3,(H,46,54)(H,47,53);13-15,17,19-20,27-29,31,34,37,40-42,49-50H,16,18,21-26H2,1-12H3/t26-,27-,32+,35-,36-,37-,38-,39-,40-;27-,28+,29+,31?,34+,37+,40+,41-,42-/m01/s1. The van der Waals surface area contributed by atoms with Crippen molar-refractivity contribution in [1.82, 2.24) is 30.6 Å². The summed E-state index contributed by atoms with van der Waals surface area (Å²) in [5, 5.41) is 52.3. The van der Waals surface area contributed by atoms with Gasteiger partial charge in [-0.1, -0.05) is 108 Å². The van der Waals surface area contributed by atoms with Crippen LogP contribution in [0.15, 0.2) is 103 Å². The van der Waals surface area contributed by atoms with Gasteiger partial charge in [0.25, 0.3) is 5.91 Å². The minimum absolute atomic E-state index is 0.0156. The second-order valence-corrected chi connectivity index (χ2v) is 39.5. The summed E-state index contributed by atoms with van der Waals surface area (Å²) in [6, 6.07) is 29.9. The maximum Gasteiger partial charge on any atom is 0.252 e. The number of rotatable bonds is 31. The molecule has 18 atom stereocenters. The second kappa shape index (κ2) is 36.2. The first kappa shape index (κ1) is 89.0. The number of benzene rings is 5. The smallest absolute Gasteiger partial charge is 0.252 e. The predicted octanol–water partition coefficient (Wildman–Crippen LogP) is 10.7. The molecule has 0 aromatic heterocycles. The normalized spacial score (nSPS) is 26.6. The molecule has 24 heteroatoms. The highest BCUT2D eigenvalue weighted by molar-refractivity contribution is 7.92. The van der Waals surface area contributed by atoms with Crippen molar-refractivity contribution in [2.75, 3.05) is 106 Å². The van der Waals surface area contributed by atoms with Crippen molar-refractivity contribution in [2.24, 2.45) is 70.0 Å². The van der Waals surface area contributed by atoms with Gasteiger partial charge in [0.05, 0.1) is 63.2 Å². The van der Waals surface area contributed by atoms with Gasteiger partial charge < -0.3 is 60.1 Å². The molecule has 6 saturated carbocycles. The Balaban J connectivity index is 0.000000241. The summed E-state index contributed by atoms with van der Waals surface area (Å²) in [6.07, 6.45) is 1.81. The van der Waals surface area contributed by atoms with Gasteiger partial charge in [0.15, 0.2) is 21.4 Å². The molecule has 0 radical (unpaired) electrons. The maximum absolute atomic E-state index is 14.4. The van der Waals surface area contributed by atoms with Gasteiger partial charge in [-0.05, 0) is 186 Å². The number of hydrogen-bond donors (Lipinski definition) is 6. The Hall–Kier alpha value is -7.36. The number of methoxy groups -OCH3 is 2. The second-order valence-electron chi connectivity index (χ2n) is 36.7. The van der Waals surface area contributed by atoms with Gasteiger partial charge in [0.2, 0.25) is 11.8 Å². The van der Waals surface area contributed by atoms with Gasteiger partial charge in [-0.25, -0.2) is 8.42 Å². The van der Waals surface area contributed by atoms with E-state index in [1.807, 2.05) is 148 Å². The predicted molar refractivity (Wildman–Crippen MR) is 446 cm³/mol. The van der Waals surface area contributed by atoms with Crippen molar-refractivity contribution in [2.45, 2.75) is 188 Å². The number of nitrogens with one attached hydrogen (secondary N) is 2. The van der Waals surface area contributed by atoms with Crippen LogP contribution < -0.4 is 29.9 Å². The fourth-order valence-electron chi connectivity index (χ4n) is 19.6. The van der Waals surface area contributed by atoms with Crippen LogP contribution in [0.2, 0.25) is 0 Å². The first-order chi connectivity index (χ1) is 53.5. The van der Waals surface area contributed by atoms with Gasteiger partial charge in [-0.2, -0.15) is 10.1 Å². The number of anilines is 2. The van der Waals surface area contributed by atoms with Crippen molar-refractivity contribution in [3.8, 4) is 33.8 Å². The van der Waals surface area contributed by atoms with Gasteiger partial charge in [-0.3, -0.25) is 33.6 Å². The molecule has 6 aliphatic carbocycles. The SMILES string of the molecule is COc1c(CN2O[C@@H](CO)[C@@H]([C@H](C)O)[C@H]2C(=O)CC2C[C@H]3C[C@@H]([C@@H]2C)C3(C)C)cccc1-c1cc(C(=O)C[C@@H](CN(C)C)CS(=O)(=O)C(C)(C)C)cc(N(C)C)c1.COc1c(CN2O[C@@H](CO)[C@H]([C@H](C)O)[C@H]2C(=O)N[C@H]2C[C@H]3C[C@@H]([C@@H]2C)C3(C)C)cccc1-c1cc(C(=O)N[C@@H](Cc2ccccc2)C(=O)N(C)C)cc(N(C)C)c1. The molecule has 2 heterocycles. The van der Waals surface area contributed by atoms with E-state index in [9.17, 15) is 52.8 Å². The van der Waals surface area contributed by atoms with E-state index >= 15 is 0 Å². The number of sulfone groups is 1. The quantitative estimate of drug-likeness (QED) is 0.0225. The summed E-state index contributed by atoms with van der Waals surface area (Å²) in [6.45, 7) is 22.3. The molecule has 8 aliphatic rings. The zero-order chi connectivity index (χ0) is 83.7. The lowest BCUT2D eigenvalue weighted by atomic mass is 9.43. The van der Waals surface area contributed by atoms with E-state index < -0.39 is 80.8 Å². The first-order valence-corrected chi connectivity index (χ1v) is 42.4. The number of likely N-dealkylation sites (N-methyl/N-ethyl adjacent to an activating group) is 1. The number of aliphatic hydroxyl groups excluding tert-OH is 4. The summed E-state index contributed by atoms with van der Waals surface area (Å²) < 4.78 is 37.7. The van der Waals surface area contributed by atoms with E-state index in [2.05, 4.69) is 52.2 Å². The molecule has 5 aromatic carbocycles. The molecule has 114 heavy (non-hydrogen) atoms. The summed E-state index contributed by atoms with van der Waals surface area (Å²) in [5.74, 6) is 1.65. The number of para-hydroxylation sites is 2. The molecule has 4 bridgehead atoms. The van der Waals surface area contributed by atoms with Crippen molar-refractivity contribution < 1.29 is 72.0 Å². The molecule has 8 fully saturated rings. The van der Waals surface area contributed by atoms with E-state index in [0.29, 0.717) is 99.6 Å². The van der Waals surface area contributed by atoms with Gasteiger partial charge >= 0.3 is 0 Å². The average Bonchev–Trinajstić information content (AvgIpc) is 1.06. The Labute approximate surface area is 677 Å². The third-order valence-corrected chi connectivity index (χ3v) is 29.4. The zero-order valence-electron chi connectivity index (χ0n) is 71.3. The van der Waals surface area contributed by atoms with Crippen LogP contribution in [0.5, 0.6) is 11.5 Å². The van der Waals surface area contributed by atoms with Crippen LogP contribution in [0.1, 0.15) is 152 Å². The molecule has 1 unspecified atom stereocenters. The lowest BCUT2D eigenvalue weighted by Gasteiger charge is -2.62. The molecule has 0 spiro atoms. The third kappa shape index (κ3) is 19.1. The Kier molecular flexibility index (Phi) is 28.3. The summed E-state index contributed by atoms with van der Waals surface area (Å²) in [7, 11) is 14.4. The van der Waals surface area contributed by atoms with Crippen molar-refractivity contribution in [3.05, 3.63) is 131 Å². The number of nitrogens with zero attached hydrogens (tertiary/aromatic N) is 6. The number of amides is 3. The molecular weight excluding hydrogens is 1470 g/mol. The molecule has 2 aliphatic heterocycles. The van der Waals surface area contributed by atoms with Crippen LogP contribution in [-0.4, -0.2) is 228 Å². The molecule has 6 N–H and O–H groups in total. The van der Waals surface area contributed by atoms with Crippen molar-refractivity contribution >= 4 is 50.5 Å². The number of hydroxylamine groups is 4. The number of fused-ring (bicyclic) bond motifs is 4. The number of carbonyl (C=O) groups is 5. The van der Waals surface area contributed by atoms with E-state index in [0.717, 1.165) is 46.5 Å². The Morgan fingerprint density at radius 1 is 0.640 bits per heavy atom. The molecule has 13 rings (SSSR count). The van der Waals surface area contributed by atoms with Crippen LogP contribution in [0.3, 0.4) is 0 Å². The number of carbonyl (C=O) groups excluding carboxylic acids is 5. The lowest BCUT2D eigenvalue weighted by Crippen LogP contribution is -2.62. The number of hydrogen-bond acceptors (Lipinski definition) is 20. The minimum Gasteiger partial charge on any atom is -0.496 e. The highest BCUT2D eigenvalue weighted by Gasteiger charge is 2.59. The number of ketones is 2. The molecule has 23 nitrogen and oxygen atoms in total. The molecule has 2 saturated heterocycles. The van der Waals surface area contributed by atoms with E-state index in [1.165, 1.54) is 17.7 Å². The van der Waals surface area contributed by atoms with Gasteiger partial charge in [0.1, 0.15) is 41.8 Å². The Morgan fingerprint density at radius 3 is 1.59 bits per heavy atom. The lowest BCUT2D eigenvalue weighted by molar-refractivity contribution is -0.183. The average molecular weight is 1600 g/mol. The largest absolute Gasteiger partial charge is 0.496 e. The summed E-state index contributed by atoms with van der Waals surface area (Å²) >= 11 is 0. The summed E-state index contributed by atoms with van der Waals surface area (Å²) in [4.78, 5) is 89.9. The van der Waals surface area contributed by atoms with Gasteiger partial charge in [0, 0.05) is 131 Å². The first-order valence-electron chi connectivity index (χ1n) is 40.8. The zero-order valence-corrected chi connectivity index (χ0v) is 72.1. The number of Topliss-reactive ketones (excluding diaryl/α,β-unsaturated/α-hetero) is 2. The fraction of sp³-hybridized carbons (Fsp3) is 0.611. The Morgan fingerprint density at radius 2 is 1.13 bits per heavy atom. The van der Waals surface area contributed by atoms with Crippen molar-refractivity contribution in [3.63, 3.8) is 0 Å². The maximum atomic E-state index is 14.4. The van der Waals surface area contributed by atoms with Gasteiger partial charge in [-0.15, -0.1) is 0 Å². The van der Waals surface area contributed by atoms with E-state index in [4.69, 9.17) is 19.1 Å². The highest BCUT2D eigenvalue weighted by Crippen LogP contribution is 2.64. The van der Waals surface area contributed by atoms with Crippen LogP contribution >= 0.6 is 0 Å². The number of aliphatic hydroxyl groups is 4. The monoisotopic (exact) mass is 1590 g/mol. The summed E-state index contributed by atoms with van der Waals surface area (Å²) in [5.41, 5.74) is 8.26. The van der Waals surface area contributed by atoms with Crippen LogP contribution in [0.25, 0.3) is 22.3 Å². The van der Waals surface area contributed by atoms with Crippen LogP contribution in [-0.2, 0) is 53.4 Å². The van der Waals surface area contributed by atoms with Crippen LogP contribution in [0, 0.1) is 70.0 Å². The fourth-order valence-corrected chi connectivity index (χ4v) is 20.9. The van der Waals surface area contributed by atoms with Crippen LogP contribution in [0.4, 0.5) is 11.4 Å². The molecule has 3 amide bonds. The van der Waals surface area contributed by atoms with Crippen molar-refractivity contribution in [1.29, 1.82) is 0 Å². The molecule has 626 valence electrons. The Bertz CT molecular complexity index is 4330. The van der Waals surface area contributed by atoms with E-state index in [-0.39, 0.29) is 79.2 Å². The number of ether oxygens (including phenoxy) is 2. The van der Waals surface area contributed by atoms with E-state index in [1.54, 1.807) is 85.2 Å². The molecule has 5 aromatic rings. The molecular formula is C90H130N8O15S. The minimum atomic E-state index is -3.47.